The van der Waals surface area contributed by atoms with E-state index in [-0.39, 0.29) is 11.8 Å². The quantitative estimate of drug-likeness (QED) is 0.839. The second kappa shape index (κ2) is 6.57. The highest BCUT2D eigenvalue weighted by atomic mass is 79.9. The maximum atomic E-state index is 12.3. The molecule has 114 valence electrons. The minimum atomic E-state index is -0.999. The molecule has 6 nitrogen and oxygen atoms in total. The van der Waals surface area contributed by atoms with Crippen molar-refractivity contribution in [3.8, 4) is 0 Å². The van der Waals surface area contributed by atoms with Crippen LogP contribution in [0.1, 0.15) is 29.4 Å². The highest BCUT2D eigenvalue weighted by Gasteiger charge is 2.36. The number of thiophene rings is 1. The number of carbonyl (C=O) groups is 3. The van der Waals surface area contributed by atoms with Gasteiger partial charge in [0.05, 0.1) is 8.66 Å². The van der Waals surface area contributed by atoms with E-state index in [1.165, 1.54) is 16.2 Å². The van der Waals surface area contributed by atoms with Gasteiger partial charge in [0, 0.05) is 6.54 Å². The molecule has 8 heteroatoms. The zero-order valence-corrected chi connectivity index (χ0v) is 13.7. The number of carboxylic acid groups (broad SMARTS) is 1. The van der Waals surface area contributed by atoms with Crippen molar-refractivity contribution >= 4 is 45.1 Å². The summed E-state index contributed by atoms with van der Waals surface area (Å²) in [6.45, 7) is 1.99. The summed E-state index contributed by atoms with van der Waals surface area (Å²) in [5.41, 5.74) is 0. The standard InChI is InChI=1S/C13H15BrN2O4S/c1-7(15-11(17)9-4-5-10(14)21-9)12(18)16-6-2-3-8(16)13(19)20/h4-5,7-8H,2-3,6H2,1H3,(H,15,17)(H,19,20)/t7-,8?/m0/s1. The van der Waals surface area contributed by atoms with Crippen LogP contribution in [-0.4, -0.2) is 46.4 Å². The third-order valence-corrected chi connectivity index (χ3v) is 4.96. The molecule has 0 bridgehead atoms. The van der Waals surface area contributed by atoms with E-state index in [2.05, 4.69) is 21.2 Å². The number of nitrogens with zero attached hydrogens (tertiary/aromatic N) is 1. The molecule has 2 amide bonds. The molecule has 2 atom stereocenters. The average Bonchev–Trinajstić information content (AvgIpc) is 3.05. The van der Waals surface area contributed by atoms with Gasteiger partial charge in [0.15, 0.2) is 0 Å². The molecule has 2 N–H and O–H groups in total. The predicted molar refractivity (Wildman–Crippen MR) is 81.3 cm³/mol. The summed E-state index contributed by atoms with van der Waals surface area (Å²) in [5.74, 6) is -1.69. The number of hydrogen-bond donors (Lipinski definition) is 2. The number of nitrogens with one attached hydrogen (secondary N) is 1. The molecule has 0 spiro atoms. The summed E-state index contributed by atoms with van der Waals surface area (Å²) in [5, 5.41) is 11.7. The maximum Gasteiger partial charge on any atom is 0.326 e. The second-order valence-corrected chi connectivity index (χ2v) is 7.29. The lowest BCUT2D eigenvalue weighted by atomic mass is 10.2. The van der Waals surface area contributed by atoms with Gasteiger partial charge in [-0.25, -0.2) is 4.79 Å². The number of aliphatic carboxylic acids is 1. The summed E-state index contributed by atoms with van der Waals surface area (Å²) in [7, 11) is 0. The van der Waals surface area contributed by atoms with Gasteiger partial charge in [0.25, 0.3) is 5.91 Å². The van der Waals surface area contributed by atoms with E-state index in [9.17, 15) is 14.4 Å². The van der Waals surface area contributed by atoms with Crippen LogP contribution < -0.4 is 5.32 Å². The van der Waals surface area contributed by atoms with E-state index in [4.69, 9.17) is 5.11 Å². The Kier molecular flexibility index (Phi) is 5.00. The van der Waals surface area contributed by atoms with Crippen LogP contribution in [0.4, 0.5) is 0 Å². The van der Waals surface area contributed by atoms with Gasteiger partial charge in [0.2, 0.25) is 5.91 Å². The van der Waals surface area contributed by atoms with E-state index in [1.54, 1.807) is 19.1 Å². The molecule has 0 radical (unpaired) electrons. The Morgan fingerprint density at radius 2 is 2.19 bits per heavy atom. The Bertz CT molecular complexity index is 574. The van der Waals surface area contributed by atoms with E-state index < -0.39 is 18.1 Å². The Balaban J connectivity index is 1.99. The molecule has 1 aliphatic rings. The molecule has 1 saturated heterocycles. The van der Waals surface area contributed by atoms with Crippen molar-refractivity contribution in [1.29, 1.82) is 0 Å². The Morgan fingerprint density at radius 3 is 2.76 bits per heavy atom. The fraction of sp³-hybridized carbons (Fsp3) is 0.462. The zero-order valence-electron chi connectivity index (χ0n) is 11.3. The van der Waals surface area contributed by atoms with Crippen molar-refractivity contribution < 1.29 is 19.5 Å². The topological polar surface area (TPSA) is 86.7 Å². The van der Waals surface area contributed by atoms with Crippen molar-refractivity contribution in [1.82, 2.24) is 10.2 Å². The van der Waals surface area contributed by atoms with Crippen molar-refractivity contribution in [2.24, 2.45) is 0 Å². The molecule has 0 saturated carbocycles. The summed E-state index contributed by atoms with van der Waals surface area (Å²) in [6, 6.07) is 1.88. The maximum absolute atomic E-state index is 12.3. The number of hydrogen-bond acceptors (Lipinski definition) is 4. The summed E-state index contributed by atoms with van der Waals surface area (Å²) < 4.78 is 0.831. The first-order valence-electron chi connectivity index (χ1n) is 6.49. The molecule has 1 aromatic rings. The minimum Gasteiger partial charge on any atom is -0.480 e. The number of rotatable bonds is 4. The van der Waals surface area contributed by atoms with Gasteiger partial charge in [-0.15, -0.1) is 11.3 Å². The lowest BCUT2D eigenvalue weighted by Crippen LogP contribution is -2.50. The molecular weight excluding hydrogens is 360 g/mol. The van der Waals surface area contributed by atoms with Gasteiger partial charge in [-0.1, -0.05) is 0 Å². The number of carboxylic acids is 1. The third kappa shape index (κ3) is 3.62. The van der Waals surface area contributed by atoms with Gasteiger partial charge in [-0.3, -0.25) is 9.59 Å². The van der Waals surface area contributed by atoms with Crippen molar-refractivity contribution in [2.45, 2.75) is 31.8 Å². The van der Waals surface area contributed by atoms with Gasteiger partial charge in [0.1, 0.15) is 12.1 Å². The van der Waals surface area contributed by atoms with Crippen LogP contribution >= 0.6 is 27.3 Å². The molecule has 2 heterocycles. The molecule has 1 fully saturated rings. The largest absolute Gasteiger partial charge is 0.480 e. The van der Waals surface area contributed by atoms with Crippen LogP contribution in [0.15, 0.2) is 15.9 Å². The normalized spacial score (nSPS) is 19.3. The Labute approximate surface area is 134 Å². The predicted octanol–water partition coefficient (Wildman–Crippen LogP) is 1.70. The molecule has 21 heavy (non-hydrogen) atoms. The summed E-state index contributed by atoms with van der Waals surface area (Å²) >= 11 is 4.54. The summed E-state index contributed by atoms with van der Waals surface area (Å²) in [4.78, 5) is 37.2. The minimum absolute atomic E-state index is 0.336. The second-order valence-electron chi connectivity index (χ2n) is 4.83. The van der Waals surface area contributed by atoms with E-state index in [1.807, 2.05) is 0 Å². The molecule has 1 aromatic heterocycles. The molecular formula is C13H15BrN2O4S. The lowest BCUT2D eigenvalue weighted by molar-refractivity contribution is -0.148. The van der Waals surface area contributed by atoms with Crippen molar-refractivity contribution in [3.05, 3.63) is 20.8 Å². The molecule has 1 unspecified atom stereocenters. The van der Waals surface area contributed by atoms with Crippen LogP contribution in [0.3, 0.4) is 0 Å². The third-order valence-electron chi connectivity index (χ3n) is 3.34. The SMILES string of the molecule is C[C@H](NC(=O)c1ccc(Br)s1)C(=O)N1CCCC1C(=O)O. The number of likely N-dealkylation sites (tertiary alicyclic amines) is 1. The Morgan fingerprint density at radius 1 is 1.48 bits per heavy atom. The molecule has 0 aromatic carbocycles. The lowest BCUT2D eigenvalue weighted by Gasteiger charge is -2.25. The molecule has 2 rings (SSSR count). The average molecular weight is 375 g/mol. The van der Waals surface area contributed by atoms with E-state index >= 15 is 0 Å². The van der Waals surface area contributed by atoms with Gasteiger partial charge >= 0.3 is 5.97 Å². The van der Waals surface area contributed by atoms with Crippen molar-refractivity contribution in [3.63, 3.8) is 0 Å². The monoisotopic (exact) mass is 374 g/mol. The highest BCUT2D eigenvalue weighted by molar-refractivity contribution is 9.11. The van der Waals surface area contributed by atoms with Crippen LogP contribution in [-0.2, 0) is 9.59 Å². The molecule has 0 aliphatic carbocycles. The first-order valence-corrected chi connectivity index (χ1v) is 8.10. The fourth-order valence-electron chi connectivity index (χ4n) is 2.30. The summed E-state index contributed by atoms with van der Waals surface area (Å²) in [6.07, 6.45) is 1.13. The Hall–Kier alpha value is -1.41. The first-order chi connectivity index (χ1) is 9.90. The first kappa shape index (κ1) is 16.0. The fourth-order valence-corrected chi connectivity index (χ4v) is 3.59. The van der Waals surface area contributed by atoms with Crippen LogP contribution in [0, 0.1) is 0 Å². The highest BCUT2D eigenvalue weighted by Crippen LogP contribution is 2.22. The van der Waals surface area contributed by atoms with Gasteiger partial charge < -0.3 is 15.3 Å². The molecule has 1 aliphatic heterocycles. The number of amides is 2. The van der Waals surface area contributed by atoms with Gasteiger partial charge in [-0.05, 0) is 47.8 Å². The van der Waals surface area contributed by atoms with E-state index in [0.29, 0.717) is 24.3 Å². The zero-order chi connectivity index (χ0) is 15.6. The number of carbonyl (C=O) groups excluding carboxylic acids is 2. The smallest absolute Gasteiger partial charge is 0.326 e. The van der Waals surface area contributed by atoms with Crippen molar-refractivity contribution in [2.75, 3.05) is 6.54 Å². The van der Waals surface area contributed by atoms with Crippen LogP contribution in [0.2, 0.25) is 0 Å². The van der Waals surface area contributed by atoms with Gasteiger partial charge in [-0.2, -0.15) is 0 Å². The number of halogens is 1. The van der Waals surface area contributed by atoms with E-state index in [0.717, 1.165) is 3.79 Å². The van der Waals surface area contributed by atoms with Crippen LogP contribution in [0.25, 0.3) is 0 Å². The van der Waals surface area contributed by atoms with Crippen LogP contribution in [0.5, 0.6) is 0 Å².